The fraction of sp³-hybridized carbons (Fsp3) is 0.222. The third-order valence-corrected chi connectivity index (χ3v) is 3.62. The van der Waals surface area contributed by atoms with Crippen molar-refractivity contribution in [1.29, 1.82) is 0 Å². The Kier molecular flexibility index (Phi) is 3.75. The lowest BCUT2D eigenvalue weighted by Crippen LogP contribution is -1.91. The Morgan fingerprint density at radius 2 is 1.73 bits per heavy atom. The van der Waals surface area contributed by atoms with Crippen LogP contribution in [-0.2, 0) is 6.42 Å². The molecule has 0 amide bonds. The van der Waals surface area contributed by atoms with E-state index in [1.165, 1.54) is 6.07 Å². The second-order valence-electron chi connectivity index (χ2n) is 5.53. The lowest BCUT2D eigenvalue weighted by molar-refractivity contribution is 0.628. The van der Waals surface area contributed by atoms with E-state index in [1.807, 2.05) is 20.8 Å². The van der Waals surface area contributed by atoms with Gasteiger partial charge in [0.2, 0.25) is 0 Å². The maximum atomic E-state index is 13.8. The molecule has 3 aromatic rings. The number of nitrogens with zero attached hydrogens (tertiary/aromatic N) is 2. The second-order valence-corrected chi connectivity index (χ2v) is 5.53. The zero-order valence-corrected chi connectivity index (χ0v) is 12.9. The zero-order chi connectivity index (χ0) is 15.7. The van der Waals surface area contributed by atoms with Gasteiger partial charge in [-0.25, -0.2) is 9.37 Å². The Morgan fingerprint density at radius 3 is 2.36 bits per heavy atom. The molecule has 1 heterocycles. The summed E-state index contributed by atoms with van der Waals surface area (Å²) in [4.78, 5) is 4.47. The van der Waals surface area contributed by atoms with Crippen LogP contribution in [0.1, 0.15) is 23.9 Å². The number of aromatic nitrogens is 3. The number of benzene rings is 2. The normalized spacial score (nSPS) is 10.9. The highest BCUT2D eigenvalue weighted by Crippen LogP contribution is 2.32. The molecule has 2 aromatic carbocycles. The van der Waals surface area contributed by atoms with E-state index in [-0.39, 0.29) is 5.82 Å². The molecule has 0 fully saturated rings. The van der Waals surface area contributed by atoms with Crippen LogP contribution in [0, 0.1) is 19.7 Å². The Bertz CT molecular complexity index is 801. The van der Waals surface area contributed by atoms with Crippen molar-refractivity contribution in [2.24, 2.45) is 0 Å². The third kappa shape index (κ3) is 2.77. The van der Waals surface area contributed by atoms with Gasteiger partial charge in [-0.2, -0.15) is 5.10 Å². The van der Waals surface area contributed by atoms with Crippen LogP contribution >= 0.6 is 0 Å². The van der Waals surface area contributed by atoms with E-state index in [2.05, 4.69) is 33.4 Å². The van der Waals surface area contributed by atoms with Gasteiger partial charge >= 0.3 is 0 Å². The first-order valence-electron chi connectivity index (χ1n) is 7.36. The minimum absolute atomic E-state index is 0.260. The second kappa shape index (κ2) is 5.72. The molecule has 0 saturated carbocycles. The smallest absolute Gasteiger partial charge is 0.181 e. The van der Waals surface area contributed by atoms with Gasteiger partial charge in [-0.1, -0.05) is 36.2 Å². The minimum Gasteiger partial charge on any atom is -0.263 e. The number of hydrogen-bond acceptors (Lipinski definition) is 2. The van der Waals surface area contributed by atoms with Crippen LogP contribution in [0.5, 0.6) is 0 Å². The number of hydrogen-bond donors (Lipinski definition) is 1. The quantitative estimate of drug-likeness (QED) is 0.775. The predicted octanol–water partition coefficient (Wildman–Crippen LogP) is 4.46. The van der Waals surface area contributed by atoms with E-state index in [1.54, 1.807) is 12.1 Å². The van der Waals surface area contributed by atoms with Crippen molar-refractivity contribution in [2.75, 3.05) is 0 Å². The molecule has 3 rings (SSSR count). The topological polar surface area (TPSA) is 41.6 Å². The standard InChI is InChI=1S/C18H18FN3/c1-4-17-20-18(22-21-17)15-6-5-14(19)10-16(15)13-8-11(2)7-12(3)9-13/h5-10H,4H2,1-3H3,(H,20,21,22). The molecule has 0 aliphatic heterocycles. The Hall–Kier alpha value is -2.49. The highest BCUT2D eigenvalue weighted by atomic mass is 19.1. The van der Waals surface area contributed by atoms with Gasteiger partial charge in [-0.05, 0) is 43.2 Å². The molecule has 0 radical (unpaired) electrons. The van der Waals surface area contributed by atoms with Crippen LogP contribution in [0.2, 0.25) is 0 Å². The Labute approximate surface area is 129 Å². The first-order chi connectivity index (χ1) is 10.6. The molecule has 1 N–H and O–H groups in total. The molecule has 112 valence electrons. The maximum Gasteiger partial charge on any atom is 0.181 e. The van der Waals surface area contributed by atoms with Gasteiger partial charge in [0.05, 0.1) is 0 Å². The fourth-order valence-corrected chi connectivity index (χ4v) is 2.65. The van der Waals surface area contributed by atoms with Gasteiger partial charge in [0.25, 0.3) is 0 Å². The highest BCUT2D eigenvalue weighted by Gasteiger charge is 2.13. The molecule has 1 aromatic heterocycles. The number of H-pyrrole nitrogens is 1. The minimum atomic E-state index is -0.260. The van der Waals surface area contributed by atoms with Crippen molar-refractivity contribution in [2.45, 2.75) is 27.2 Å². The summed E-state index contributed by atoms with van der Waals surface area (Å²) in [7, 11) is 0. The molecule has 0 aliphatic rings. The predicted molar refractivity (Wildman–Crippen MR) is 86.1 cm³/mol. The molecule has 3 nitrogen and oxygen atoms in total. The van der Waals surface area contributed by atoms with Crippen LogP contribution < -0.4 is 0 Å². The zero-order valence-electron chi connectivity index (χ0n) is 12.9. The van der Waals surface area contributed by atoms with E-state index >= 15 is 0 Å². The van der Waals surface area contributed by atoms with E-state index in [0.717, 1.165) is 40.1 Å². The van der Waals surface area contributed by atoms with Crippen molar-refractivity contribution in [3.05, 3.63) is 59.2 Å². The lowest BCUT2D eigenvalue weighted by atomic mass is 9.96. The van der Waals surface area contributed by atoms with Crippen molar-refractivity contribution in [3.8, 4) is 22.5 Å². The summed E-state index contributed by atoms with van der Waals surface area (Å²) in [5.41, 5.74) is 4.93. The summed E-state index contributed by atoms with van der Waals surface area (Å²) in [5.74, 6) is 1.17. The average Bonchev–Trinajstić information content (AvgIpc) is 2.95. The van der Waals surface area contributed by atoms with Gasteiger partial charge in [0.15, 0.2) is 5.82 Å². The van der Waals surface area contributed by atoms with E-state index in [4.69, 9.17) is 0 Å². The number of rotatable bonds is 3. The third-order valence-electron chi connectivity index (χ3n) is 3.62. The maximum absolute atomic E-state index is 13.8. The Balaban J connectivity index is 2.19. The molecule has 0 atom stereocenters. The van der Waals surface area contributed by atoms with Crippen LogP contribution in [0.15, 0.2) is 36.4 Å². The first kappa shape index (κ1) is 14.4. The molecule has 0 aliphatic carbocycles. The molecule has 0 saturated heterocycles. The van der Waals surface area contributed by atoms with Gasteiger partial charge < -0.3 is 0 Å². The number of halogens is 1. The molecular formula is C18H18FN3. The van der Waals surface area contributed by atoms with Crippen molar-refractivity contribution >= 4 is 0 Å². The number of aromatic amines is 1. The summed E-state index contributed by atoms with van der Waals surface area (Å²) < 4.78 is 13.8. The van der Waals surface area contributed by atoms with E-state index < -0.39 is 0 Å². The SMILES string of the molecule is CCc1nc(-c2ccc(F)cc2-c2cc(C)cc(C)c2)n[nH]1. The summed E-state index contributed by atoms with van der Waals surface area (Å²) in [6.45, 7) is 6.09. The summed E-state index contributed by atoms with van der Waals surface area (Å²) >= 11 is 0. The highest BCUT2D eigenvalue weighted by molar-refractivity contribution is 5.81. The lowest BCUT2D eigenvalue weighted by Gasteiger charge is -2.09. The van der Waals surface area contributed by atoms with Crippen molar-refractivity contribution < 1.29 is 4.39 Å². The largest absolute Gasteiger partial charge is 0.263 e. The fourth-order valence-electron chi connectivity index (χ4n) is 2.65. The number of aryl methyl sites for hydroxylation is 3. The van der Waals surface area contributed by atoms with Crippen LogP contribution in [0.25, 0.3) is 22.5 Å². The molecule has 0 bridgehead atoms. The molecule has 4 heteroatoms. The van der Waals surface area contributed by atoms with Crippen molar-refractivity contribution in [1.82, 2.24) is 15.2 Å². The molecule has 22 heavy (non-hydrogen) atoms. The van der Waals surface area contributed by atoms with Crippen LogP contribution in [-0.4, -0.2) is 15.2 Å². The summed E-state index contributed by atoms with van der Waals surface area (Å²) in [6.07, 6.45) is 0.785. The summed E-state index contributed by atoms with van der Waals surface area (Å²) in [6, 6.07) is 10.9. The average molecular weight is 295 g/mol. The van der Waals surface area contributed by atoms with Crippen LogP contribution in [0.4, 0.5) is 4.39 Å². The van der Waals surface area contributed by atoms with Crippen molar-refractivity contribution in [3.63, 3.8) is 0 Å². The van der Waals surface area contributed by atoms with Gasteiger partial charge in [0, 0.05) is 12.0 Å². The number of nitrogens with one attached hydrogen (secondary N) is 1. The van der Waals surface area contributed by atoms with Gasteiger partial charge in [-0.3, -0.25) is 5.10 Å². The summed E-state index contributed by atoms with van der Waals surface area (Å²) in [5, 5.41) is 7.17. The Morgan fingerprint density at radius 1 is 1.00 bits per heavy atom. The molecule has 0 spiro atoms. The van der Waals surface area contributed by atoms with E-state index in [0.29, 0.717) is 5.82 Å². The van der Waals surface area contributed by atoms with Gasteiger partial charge in [0.1, 0.15) is 11.6 Å². The monoisotopic (exact) mass is 295 g/mol. The van der Waals surface area contributed by atoms with Crippen LogP contribution in [0.3, 0.4) is 0 Å². The molecule has 0 unspecified atom stereocenters. The molecular weight excluding hydrogens is 277 g/mol. The van der Waals surface area contributed by atoms with E-state index in [9.17, 15) is 4.39 Å². The van der Waals surface area contributed by atoms with Gasteiger partial charge in [-0.15, -0.1) is 0 Å². The first-order valence-corrected chi connectivity index (χ1v) is 7.36.